The van der Waals surface area contributed by atoms with Gasteiger partial charge in [0.2, 0.25) is 0 Å². The lowest BCUT2D eigenvalue weighted by Crippen LogP contribution is -2.31. The Morgan fingerprint density at radius 3 is 2.33 bits per heavy atom. The van der Waals surface area contributed by atoms with Crippen molar-refractivity contribution >= 4 is 17.6 Å². The van der Waals surface area contributed by atoms with Crippen LogP contribution in [0, 0.1) is 16.0 Å². The number of nitro groups is 1. The largest absolute Gasteiger partial charge is 0.490 e. The van der Waals surface area contributed by atoms with Crippen molar-refractivity contribution in [2.75, 3.05) is 13.7 Å². The standard InChI is InChI=1S/C22H26N2O6/c1-14(2)11-16-5-7-17(8-6-16)15(3)23-21(25)13-30-22(26)18-9-10-20(29-4)19(12-18)24(27)28/h5-10,12,14-15H,11,13H2,1-4H3,(H,23,25)/t15-/m1/s1. The van der Waals surface area contributed by atoms with Gasteiger partial charge in [0.1, 0.15) is 0 Å². The highest BCUT2D eigenvalue weighted by molar-refractivity contribution is 5.92. The van der Waals surface area contributed by atoms with E-state index in [0.717, 1.165) is 18.1 Å². The first-order valence-corrected chi connectivity index (χ1v) is 9.59. The summed E-state index contributed by atoms with van der Waals surface area (Å²) in [6.07, 6.45) is 0.987. The van der Waals surface area contributed by atoms with Gasteiger partial charge in [-0.25, -0.2) is 4.79 Å². The second-order valence-electron chi connectivity index (χ2n) is 7.35. The van der Waals surface area contributed by atoms with E-state index in [9.17, 15) is 19.7 Å². The Kier molecular flexibility index (Phi) is 7.91. The topological polar surface area (TPSA) is 108 Å². The fourth-order valence-electron chi connectivity index (χ4n) is 2.95. The number of rotatable bonds is 9. The quantitative estimate of drug-likeness (QED) is 0.379. The third kappa shape index (κ3) is 6.30. The average molecular weight is 414 g/mol. The predicted octanol–water partition coefficient (Wildman–Crippen LogP) is 3.84. The maximum atomic E-state index is 12.1. The Morgan fingerprint density at radius 1 is 1.10 bits per heavy atom. The Hall–Kier alpha value is -3.42. The summed E-state index contributed by atoms with van der Waals surface area (Å²) in [6.45, 7) is 5.66. The van der Waals surface area contributed by atoms with Crippen molar-refractivity contribution in [2.24, 2.45) is 5.92 Å². The Morgan fingerprint density at radius 2 is 1.77 bits per heavy atom. The average Bonchev–Trinajstić information content (AvgIpc) is 2.71. The van der Waals surface area contributed by atoms with Crippen molar-refractivity contribution in [3.8, 4) is 5.75 Å². The summed E-state index contributed by atoms with van der Waals surface area (Å²) >= 11 is 0. The molecule has 0 bridgehead atoms. The lowest BCUT2D eigenvalue weighted by molar-refractivity contribution is -0.385. The van der Waals surface area contributed by atoms with Crippen LogP contribution in [-0.2, 0) is 16.0 Å². The minimum atomic E-state index is -0.832. The third-order valence-corrected chi connectivity index (χ3v) is 4.45. The van der Waals surface area contributed by atoms with Gasteiger partial charge < -0.3 is 14.8 Å². The SMILES string of the molecule is COc1ccc(C(=O)OCC(=O)N[C@H](C)c2ccc(CC(C)C)cc2)cc1[N+](=O)[O-]. The molecule has 8 heteroatoms. The van der Waals surface area contributed by atoms with Crippen LogP contribution in [0.25, 0.3) is 0 Å². The number of benzene rings is 2. The van der Waals surface area contributed by atoms with Crippen LogP contribution in [0.3, 0.4) is 0 Å². The highest BCUT2D eigenvalue weighted by atomic mass is 16.6. The molecule has 0 saturated heterocycles. The predicted molar refractivity (Wildman–Crippen MR) is 111 cm³/mol. The first kappa shape index (κ1) is 22.9. The van der Waals surface area contributed by atoms with Gasteiger partial charge in [0.15, 0.2) is 12.4 Å². The van der Waals surface area contributed by atoms with Gasteiger partial charge in [0.25, 0.3) is 5.91 Å². The van der Waals surface area contributed by atoms with Crippen LogP contribution in [0.4, 0.5) is 5.69 Å². The van der Waals surface area contributed by atoms with Crippen LogP contribution < -0.4 is 10.1 Å². The van der Waals surface area contributed by atoms with Crippen molar-refractivity contribution in [3.63, 3.8) is 0 Å². The van der Waals surface area contributed by atoms with Crippen molar-refractivity contribution in [2.45, 2.75) is 33.2 Å². The molecule has 0 radical (unpaired) electrons. The molecule has 0 aliphatic rings. The minimum absolute atomic E-state index is 0.0301. The Bertz CT molecular complexity index is 908. The fourth-order valence-corrected chi connectivity index (χ4v) is 2.95. The number of carbonyl (C=O) groups excluding carboxylic acids is 2. The molecular formula is C22H26N2O6. The summed E-state index contributed by atoms with van der Waals surface area (Å²) in [6, 6.07) is 11.4. The number of nitrogens with zero attached hydrogens (tertiary/aromatic N) is 1. The van der Waals surface area contributed by atoms with Crippen LogP contribution in [0.1, 0.15) is 48.3 Å². The van der Waals surface area contributed by atoms with Gasteiger partial charge in [-0.1, -0.05) is 38.1 Å². The molecular weight excluding hydrogens is 388 g/mol. The number of methoxy groups -OCH3 is 1. The molecule has 1 amide bonds. The zero-order valence-electron chi connectivity index (χ0n) is 17.5. The second kappa shape index (κ2) is 10.4. The van der Waals surface area contributed by atoms with E-state index in [1.807, 2.05) is 31.2 Å². The van der Waals surface area contributed by atoms with E-state index in [-0.39, 0.29) is 23.0 Å². The van der Waals surface area contributed by atoms with E-state index in [1.165, 1.54) is 24.8 Å². The fraction of sp³-hybridized carbons (Fsp3) is 0.364. The zero-order chi connectivity index (χ0) is 22.3. The molecule has 0 aromatic heterocycles. The lowest BCUT2D eigenvalue weighted by atomic mass is 10.00. The number of nitrogens with one attached hydrogen (secondary N) is 1. The van der Waals surface area contributed by atoms with Gasteiger partial charge >= 0.3 is 11.7 Å². The molecule has 8 nitrogen and oxygen atoms in total. The minimum Gasteiger partial charge on any atom is -0.490 e. The molecule has 2 rings (SSSR count). The van der Waals surface area contributed by atoms with Gasteiger partial charge in [-0.2, -0.15) is 0 Å². The van der Waals surface area contributed by atoms with Gasteiger partial charge in [-0.05, 0) is 42.5 Å². The highest BCUT2D eigenvalue weighted by Gasteiger charge is 2.20. The molecule has 2 aromatic rings. The van der Waals surface area contributed by atoms with Crippen molar-refractivity contribution < 1.29 is 24.0 Å². The first-order valence-electron chi connectivity index (χ1n) is 9.59. The summed E-state index contributed by atoms with van der Waals surface area (Å²) in [7, 11) is 1.30. The molecule has 30 heavy (non-hydrogen) atoms. The maximum absolute atomic E-state index is 12.1. The number of hydrogen-bond donors (Lipinski definition) is 1. The molecule has 0 saturated carbocycles. The van der Waals surface area contributed by atoms with E-state index >= 15 is 0 Å². The molecule has 1 atom stereocenters. The van der Waals surface area contributed by atoms with Crippen molar-refractivity contribution in [3.05, 3.63) is 69.3 Å². The molecule has 0 aliphatic carbocycles. The first-order chi connectivity index (χ1) is 14.2. The smallest absolute Gasteiger partial charge is 0.338 e. The lowest BCUT2D eigenvalue weighted by Gasteiger charge is -2.15. The van der Waals surface area contributed by atoms with E-state index in [1.54, 1.807) is 0 Å². The Balaban J connectivity index is 1.91. The van der Waals surface area contributed by atoms with Gasteiger partial charge in [0.05, 0.1) is 23.6 Å². The van der Waals surface area contributed by atoms with Gasteiger partial charge in [-0.15, -0.1) is 0 Å². The molecule has 0 unspecified atom stereocenters. The molecule has 0 spiro atoms. The Labute approximate surface area is 175 Å². The second-order valence-corrected chi connectivity index (χ2v) is 7.35. The molecule has 0 fully saturated rings. The molecule has 2 aromatic carbocycles. The zero-order valence-corrected chi connectivity index (χ0v) is 17.5. The number of hydrogen-bond acceptors (Lipinski definition) is 6. The van der Waals surface area contributed by atoms with E-state index in [0.29, 0.717) is 5.92 Å². The summed E-state index contributed by atoms with van der Waals surface area (Å²) < 4.78 is 9.88. The molecule has 0 heterocycles. The highest BCUT2D eigenvalue weighted by Crippen LogP contribution is 2.27. The molecule has 160 valence electrons. The third-order valence-electron chi connectivity index (χ3n) is 4.45. The molecule has 0 aliphatic heterocycles. The van der Waals surface area contributed by atoms with Crippen LogP contribution >= 0.6 is 0 Å². The number of ether oxygens (including phenoxy) is 2. The van der Waals surface area contributed by atoms with Crippen LogP contribution in [0.2, 0.25) is 0 Å². The van der Waals surface area contributed by atoms with Gasteiger partial charge in [-0.3, -0.25) is 14.9 Å². The summed E-state index contributed by atoms with van der Waals surface area (Å²) in [5.74, 6) is -0.705. The number of esters is 1. The number of amides is 1. The normalized spacial score (nSPS) is 11.6. The van der Waals surface area contributed by atoms with Crippen molar-refractivity contribution in [1.29, 1.82) is 0 Å². The number of carbonyl (C=O) groups is 2. The van der Waals surface area contributed by atoms with Crippen molar-refractivity contribution in [1.82, 2.24) is 5.32 Å². The van der Waals surface area contributed by atoms with Crippen LogP contribution in [-0.4, -0.2) is 30.5 Å². The van der Waals surface area contributed by atoms with E-state index in [4.69, 9.17) is 9.47 Å². The molecule has 1 N–H and O–H groups in total. The van der Waals surface area contributed by atoms with E-state index < -0.39 is 23.4 Å². The summed E-state index contributed by atoms with van der Waals surface area (Å²) in [5, 5.41) is 13.8. The van der Waals surface area contributed by atoms with Gasteiger partial charge in [0, 0.05) is 6.07 Å². The monoisotopic (exact) mass is 414 g/mol. The summed E-state index contributed by atoms with van der Waals surface area (Å²) in [5.41, 5.74) is 1.78. The van der Waals surface area contributed by atoms with Crippen LogP contribution in [0.15, 0.2) is 42.5 Å². The van der Waals surface area contributed by atoms with Crippen LogP contribution in [0.5, 0.6) is 5.75 Å². The van der Waals surface area contributed by atoms with E-state index in [2.05, 4.69) is 19.2 Å². The summed E-state index contributed by atoms with van der Waals surface area (Å²) in [4.78, 5) is 34.7. The maximum Gasteiger partial charge on any atom is 0.338 e. The number of nitro benzene ring substituents is 1.